The number of hydrogen-bond acceptors (Lipinski definition) is 2. The van der Waals surface area contributed by atoms with E-state index in [1.165, 1.54) is 11.1 Å². The van der Waals surface area contributed by atoms with Crippen molar-refractivity contribution < 1.29 is 4.42 Å². The summed E-state index contributed by atoms with van der Waals surface area (Å²) in [7, 11) is 0. The molecule has 1 N–H and O–H groups in total. The number of furan rings is 1. The molecule has 21 heavy (non-hydrogen) atoms. The molecule has 1 aliphatic rings. The van der Waals surface area contributed by atoms with Crippen molar-refractivity contribution in [1.29, 1.82) is 0 Å². The number of fused-ring (bicyclic) bond motifs is 2. The molecule has 2 aromatic carbocycles. The van der Waals surface area contributed by atoms with Crippen LogP contribution >= 0.6 is 11.6 Å². The third-order valence-electron chi connectivity index (χ3n) is 4.31. The maximum atomic E-state index is 6.25. The van der Waals surface area contributed by atoms with E-state index in [0.717, 1.165) is 35.9 Å². The molecule has 1 heterocycles. The summed E-state index contributed by atoms with van der Waals surface area (Å²) in [6, 6.07) is 17.1. The van der Waals surface area contributed by atoms with E-state index in [-0.39, 0.29) is 0 Å². The summed E-state index contributed by atoms with van der Waals surface area (Å²) < 4.78 is 5.61. The first-order chi connectivity index (χ1) is 10.3. The van der Waals surface area contributed by atoms with Gasteiger partial charge in [-0.1, -0.05) is 42.5 Å². The third-order valence-corrected chi connectivity index (χ3v) is 4.61. The van der Waals surface area contributed by atoms with Crippen molar-refractivity contribution in [2.45, 2.75) is 25.4 Å². The second kappa shape index (κ2) is 5.21. The Morgan fingerprint density at radius 3 is 2.86 bits per heavy atom. The van der Waals surface area contributed by atoms with Crippen LogP contribution in [0.5, 0.6) is 0 Å². The van der Waals surface area contributed by atoms with Crippen molar-refractivity contribution in [2.75, 3.05) is 0 Å². The number of hydrogen-bond donors (Lipinski definition) is 1. The zero-order valence-electron chi connectivity index (χ0n) is 11.6. The Morgan fingerprint density at radius 2 is 1.90 bits per heavy atom. The molecule has 106 valence electrons. The van der Waals surface area contributed by atoms with E-state index in [4.69, 9.17) is 16.0 Å². The van der Waals surface area contributed by atoms with Gasteiger partial charge in [0.15, 0.2) is 5.22 Å². The van der Waals surface area contributed by atoms with Gasteiger partial charge in [0.2, 0.25) is 0 Å². The number of rotatable bonds is 3. The zero-order chi connectivity index (χ0) is 14.2. The Hall–Kier alpha value is -1.77. The molecule has 1 aliphatic carbocycles. The molecule has 0 radical (unpaired) electrons. The summed E-state index contributed by atoms with van der Waals surface area (Å²) in [4.78, 5) is 0. The minimum Gasteiger partial charge on any atom is -0.444 e. The van der Waals surface area contributed by atoms with E-state index < -0.39 is 0 Å². The van der Waals surface area contributed by atoms with E-state index in [0.29, 0.717) is 11.3 Å². The summed E-state index contributed by atoms with van der Waals surface area (Å²) in [6.45, 7) is 0.731. The lowest BCUT2D eigenvalue weighted by Gasteiger charge is -2.13. The number of para-hydroxylation sites is 1. The second-order valence-electron chi connectivity index (χ2n) is 5.52. The molecule has 3 aromatic rings. The van der Waals surface area contributed by atoms with Crippen molar-refractivity contribution in [3.05, 3.63) is 70.4 Å². The Kier molecular flexibility index (Phi) is 3.21. The molecule has 0 fully saturated rings. The van der Waals surface area contributed by atoms with Gasteiger partial charge in [0.25, 0.3) is 0 Å². The topological polar surface area (TPSA) is 25.2 Å². The fraction of sp³-hybridized carbons (Fsp3) is 0.222. The summed E-state index contributed by atoms with van der Waals surface area (Å²) in [5.41, 5.74) is 4.78. The normalized spacial score (nSPS) is 17.3. The summed E-state index contributed by atoms with van der Waals surface area (Å²) >= 11 is 6.25. The molecular formula is C18H16ClNO. The largest absolute Gasteiger partial charge is 0.444 e. The highest BCUT2D eigenvalue weighted by molar-refractivity contribution is 6.30. The second-order valence-corrected chi connectivity index (χ2v) is 5.86. The first kappa shape index (κ1) is 12.9. The number of nitrogens with one attached hydrogen (secondary N) is 1. The van der Waals surface area contributed by atoms with Gasteiger partial charge in [-0.2, -0.15) is 0 Å². The fourth-order valence-electron chi connectivity index (χ4n) is 3.23. The van der Waals surface area contributed by atoms with Gasteiger partial charge in [0.1, 0.15) is 5.58 Å². The lowest BCUT2D eigenvalue weighted by atomic mass is 10.1. The lowest BCUT2D eigenvalue weighted by molar-refractivity contribution is 0.526. The number of aryl methyl sites for hydroxylation is 1. The van der Waals surface area contributed by atoms with Crippen molar-refractivity contribution in [2.24, 2.45) is 0 Å². The first-order valence-electron chi connectivity index (χ1n) is 7.30. The smallest absolute Gasteiger partial charge is 0.199 e. The van der Waals surface area contributed by atoms with Crippen molar-refractivity contribution in [3.63, 3.8) is 0 Å². The van der Waals surface area contributed by atoms with Crippen LogP contribution in [0.4, 0.5) is 0 Å². The molecule has 2 nitrogen and oxygen atoms in total. The van der Waals surface area contributed by atoms with Crippen molar-refractivity contribution >= 4 is 22.6 Å². The highest BCUT2D eigenvalue weighted by Crippen LogP contribution is 2.33. The minimum atomic E-state index is 0.408. The molecule has 0 amide bonds. The van der Waals surface area contributed by atoms with Crippen LogP contribution in [0.1, 0.15) is 29.2 Å². The Morgan fingerprint density at radius 1 is 1.10 bits per heavy atom. The van der Waals surface area contributed by atoms with Crippen LogP contribution < -0.4 is 5.32 Å². The lowest BCUT2D eigenvalue weighted by Crippen LogP contribution is -2.18. The van der Waals surface area contributed by atoms with Crippen LogP contribution in [0.3, 0.4) is 0 Å². The standard InChI is InChI=1S/C18H16ClNO/c19-18-15(14-7-3-4-8-17(14)21-18)11-20-16-10-9-12-5-1-2-6-13(12)16/h1-8,16,20H,9-11H2. The molecule has 4 rings (SSSR count). The fourth-order valence-corrected chi connectivity index (χ4v) is 3.48. The van der Waals surface area contributed by atoms with E-state index in [2.05, 4.69) is 35.6 Å². The summed E-state index contributed by atoms with van der Waals surface area (Å²) in [5, 5.41) is 5.22. The van der Waals surface area contributed by atoms with Gasteiger partial charge in [-0.3, -0.25) is 0 Å². The van der Waals surface area contributed by atoms with Gasteiger partial charge in [0, 0.05) is 23.5 Å². The predicted octanol–water partition coefficient (Wildman–Crippen LogP) is 4.86. The first-order valence-corrected chi connectivity index (χ1v) is 7.68. The maximum Gasteiger partial charge on any atom is 0.199 e. The quantitative estimate of drug-likeness (QED) is 0.746. The van der Waals surface area contributed by atoms with Gasteiger partial charge in [-0.15, -0.1) is 0 Å². The van der Waals surface area contributed by atoms with Crippen LogP contribution in [0, 0.1) is 0 Å². The van der Waals surface area contributed by atoms with Gasteiger partial charge in [0.05, 0.1) is 0 Å². The van der Waals surface area contributed by atoms with Crippen LogP contribution in [-0.4, -0.2) is 0 Å². The van der Waals surface area contributed by atoms with Crippen LogP contribution in [0.2, 0.25) is 5.22 Å². The Labute approximate surface area is 128 Å². The van der Waals surface area contributed by atoms with Crippen LogP contribution in [-0.2, 0) is 13.0 Å². The molecule has 1 atom stereocenters. The van der Waals surface area contributed by atoms with Gasteiger partial charge >= 0.3 is 0 Å². The van der Waals surface area contributed by atoms with E-state index in [1.54, 1.807) is 0 Å². The molecule has 1 aromatic heterocycles. The number of halogens is 1. The third kappa shape index (κ3) is 2.25. The summed E-state index contributed by atoms with van der Waals surface area (Å²) in [6.07, 6.45) is 2.29. The molecule has 0 saturated heterocycles. The Bertz CT molecular complexity index is 793. The predicted molar refractivity (Wildman–Crippen MR) is 85.6 cm³/mol. The van der Waals surface area contributed by atoms with Crippen LogP contribution in [0.25, 0.3) is 11.0 Å². The zero-order valence-corrected chi connectivity index (χ0v) is 12.4. The Balaban J connectivity index is 1.58. The van der Waals surface area contributed by atoms with Gasteiger partial charge in [-0.25, -0.2) is 0 Å². The van der Waals surface area contributed by atoms with Crippen molar-refractivity contribution in [3.8, 4) is 0 Å². The van der Waals surface area contributed by atoms with E-state index in [9.17, 15) is 0 Å². The molecule has 0 saturated carbocycles. The van der Waals surface area contributed by atoms with Crippen molar-refractivity contribution in [1.82, 2.24) is 5.32 Å². The molecule has 0 aliphatic heterocycles. The average molecular weight is 298 g/mol. The maximum absolute atomic E-state index is 6.25. The molecule has 0 bridgehead atoms. The highest BCUT2D eigenvalue weighted by Gasteiger charge is 2.22. The molecular weight excluding hydrogens is 282 g/mol. The minimum absolute atomic E-state index is 0.408. The van der Waals surface area contributed by atoms with E-state index >= 15 is 0 Å². The van der Waals surface area contributed by atoms with Crippen LogP contribution in [0.15, 0.2) is 52.9 Å². The molecule has 0 spiro atoms. The van der Waals surface area contributed by atoms with E-state index in [1.807, 2.05) is 18.2 Å². The highest BCUT2D eigenvalue weighted by atomic mass is 35.5. The number of benzene rings is 2. The SMILES string of the molecule is Clc1oc2ccccc2c1CNC1CCc2ccccc21. The average Bonchev–Trinajstić information content (AvgIpc) is 3.06. The van der Waals surface area contributed by atoms with Gasteiger partial charge < -0.3 is 9.73 Å². The molecule has 1 unspecified atom stereocenters. The summed E-state index contributed by atoms with van der Waals surface area (Å²) in [5.74, 6) is 0. The van der Waals surface area contributed by atoms with Gasteiger partial charge in [-0.05, 0) is 41.6 Å². The molecule has 3 heteroatoms. The monoisotopic (exact) mass is 297 g/mol.